The molecule has 0 aromatic heterocycles. The predicted molar refractivity (Wildman–Crippen MR) is 86.8 cm³/mol. The lowest BCUT2D eigenvalue weighted by Gasteiger charge is -2.40. The molecule has 130 valence electrons. The van der Waals surface area contributed by atoms with Crippen LogP contribution in [-0.2, 0) is 14.3 Å². The Kier molecular flexibility index (Phi) is 6.60. The zero-order chi connectivity index (χ0) is 17.6. The smallest absolute Gasteiger partial charge is 0.410 e. The Morgan fingerprint density at radius 3 is 2.48 bits per heavy atom. The fourth-order valence-corrected chi connectivity index (χ4v) is 2.33. The van der Waals surface area contributed by atoms with E-state index < -0.39 is 5.60 Å². The number of nitrogens with one attached hydrogen (secondary N) is 1. The van der Waals surface area contributed by atoms with Gasteiger partial charge in [-0.1, -0.05) is 6.58 Å². The molecule has 3 amide bonds. The number of amides is 3. The van der Waals surface area contributed by atoms with Crippen molar-refractivity contribution in [2.45, 2.75) is 45.8 Å². The maximum Gasteiger partial charge on any atom is 0.410 e. The summed E-state index contributed by atoms with van der Waals surface area (Å²) in [5.74, 6) is -0.328. The van der Waals surface area contributed by atoms with Gasteiger partial charge in [-0.2, -0.15) is 0 Å². The highest BCUT2D eigenvalue weighted by atomic mass is 16.6. The van der Waals surface area contributed by atoms with Gasteiger partial charge in [-0.15, -0.1) is 0 Å². The summed E-state index contributed by atoms with van der Waals surface area (Å²) < 4.78 is 5.35. The van der Waals surface area contributed by atoms with E-state index in [1.165, 1.54) is 6.08 Å². The molecule has 1 N–H and O–H groups in total. The van der Waals surface area contributed by atoms with Crippen molar-refractivity contribution in [1.82, 2.24) is 15.1 Å². The maximum absolute atomic E-state index is 12.2. The fraction of sp³-hybridized carbons (Fsp3) is 0.688. The first-order valence-electron chi connectivity index (χ1n) is 7.81. The number of rotatable bonds is 4. The largest absolute Gasteiger partial charge is 0.444 e. The van der Waals surface area contributed by atoms with Gasteiger partial charge in [0, 0.05) is 38.6 Å². The lowest BCUT2D eigenvalue weighted by molar-refractivity contribution is -0.135. The van der Waals surface area contributed by atoms with Crippen LogP contribution in [0, 0.1) is 0 Å². The normalized spacial score (nSPS) is 18.3. The van der Waals surface area contributed by atoms with Crippen molar-refractivity contribution in [2.24, 2.45) is 0 Å². The molecular formula is C16H27N3O4. The summed E-state index contributed by atoms with van der Waals surface area (Å²) in [6.07, 6.45) is 1.05. The molecule has 23 heavy (non-hydrogen) atoms. The number of nitrogens with zero attached hydrogens (tertiary/aromatic N) is 2. The van der Waals surface area contributed by atoms with Crippen molar-refractivity contribution in [1.29, 1.82) is 0 Å². The molecule has 0 aliphatic carbocycles. The molecule has 0 aromatic carbocycles. The molecule has 1 atom stereocenters. The lowest BCUT2D eigenvalue weighted by atomic mass is 10.1. The van der Waals surface area contributed by atoms with Gasteiger partial charge in [-0.25, -0.2) is 4.79 Å². The zero-order valence-corrected chi connectivity index (χ0v) is 14.4. The number of hydrogen-bond donors (Lipinski definition) is 1. The van der Waals surface area contributed by atoms with E-state index in [9.17, 15) is 14.4 Å². The summed E-state index contributed by atoms with van der Waals surface area (Å²) in [6, 6.07) is -0.0844. The number of carbonyl (C=O) groups is 3. The van der Waals surface area contributed by atoms with E-state index >= 15 is 0 Å². The molecule has 7 nitrogen and oxygen atoms in total. The Bertz CT molecular complexity index is 470. The number of piperazine rings is 1. The number of hydrogen-bond acceptors (Lipinski definition) is 4. The third-order valence-electron chi connectivity index (χ3n) is 3.42. The maximum atomic E-state index is 12.2. The van der Waals surface area contributed by atoms with Gasteiger partial charge in [-0.05, 0) is 33.8 Å². The number of ether oxygens (including phenoxy) is 1. The van der Waals surface area contributed by atoms with Gasteiger partial charge in [0.15, 0.2) is 0 Å². The highest BCUT2D eigenvalue weighted by molar-refractivity contribution is 5.87. The second kappa shape index (κ2) is 7.99. The summed E-state index contributed by atoms with van der Waals surface area (Å²) in [5.41, 5.74) is -0.531. The second-order valence-electron chi connectivity index (χ2n) is 6.61. The van der Waals surface area contributed by atoms with Crippen molar-refractivity contribution in [3.05, 3.63) is 12.7 Å². The van der Waals surface area contributed by atoms with Crippen LogP contribution in [0.25, 0.3) is 0 Å². The van der Waals surface area contributed by atoms with Crippen molar-refractivity contribution in [3.63, 3.8) is 0 Å². The number of carbonyl (C=O) groups excluding carboxylic acids is 3. The fourth-order valence-electron chi connectivity index (χ4n) is 2.33. The Morgan fingerprint density at radius 2 is 1.96 bits per heavy atom. The van der Waals surface area contributed by atoms with E-state index in [-0.39, 0.29) is 36.9 Å². The molecule has 1 rings (SSSR count). The molecule has 0 radical (unpaired) electrons. The average molecular weight is 325 g/mol. The van der Waals surface area contributed by atoms with Crippen LogP contribution in [0.15, 0.2) is 12.7 Å². The first-order valence-corrected chi connectivity index (χ1v) is 7.81. The first-order chi connectivity index (χ1) is 10.6. The van der Waals surface area contributed by atoms with Crippen molar-refractivity contribution in [2.75, 3.05) is 26.2 Å². The SMILES string of the molecule is C=CC(=O)NCCC(=O)N1CCN(C(=O)OC(C)(C)C)CC1C. The van der Waals surface area contributed by atoms with Crippen LogP contribution in [-0.4, -0.2) is 65.5 Å². The Morgan fingerprint density at radius 1 is 1.30 bits per heavy atom. The quantitative estimate of drug-likeness (QED) is 0.786. The van der Waals surface area contributed by atoms with Crippen LogP contribution in [0.5, 0.6) is 0 Å². The minimum absolute atomic E-state index is 0.0364. The van der Waals surface area contributed by atoms with Crippen LogP contribution < -0.4 is 5.32 Å². The molecule has 0 saturated carbocycles. The van der Waals surface area contributed by atoms with Gasteiger partial charge in [0.2, 0.25) is 11.8 Å². The van der Waals surface area contributed by atoms with E-state index in [1.54, 1.807) is 9.80 Å². The third-order valence-corrected chi connectivity index (χ3v) is 3.42. The van der Waals surface area contributed by atoms with Gasteiger partial charge < -0.3 is 19.9 Å². The zero-order valence-electron chi connectivity index (χ0n) is 14.4. The summed E-state index contributed by atoms with van der Waals surface area (Å²) in [5, 5.41) is 2.58. The van der Waals surface area contributed by atoms with Crippen molar-refractivity contribution in [3.8, 4) is 0 Å². The lowest BCUT2D eigenvalue weighted by Crippen LogP contribution is -2.56. The standard InChI is InChI=1S/C16H27N3O4/c1-6-13(20)17-8-7-14(21)19-10-9-18(11-12(19)2)15(22)23-16(3,4)5/h6,12H,1,7-11H2,2-5H3,(H,17,20). The minimum Gasteiger partial charge on any atom is -0.444 e. The van der Waals surface area contributed by atoms with Crippen LogP contribution in [0.4, 0.5) is 4.79 Å². The molecule has 0 aromatic rings. The average Bonchev–Trinajstić information content (AvgIpc) is 2.44. The monoisotopic (exact) mass is 325 g/mol. The molecule has 1 unspecified atom stereocenters. The van der Waals surface area contributed by atoms with E-state index in [0.29, 0.717) is 19.6 Å². The van der Waals surface area contributed by atoms with Crippen LogP contribution in [0.2, 0.25) is 0 Å². The van der Waals surface area contributed by atoms with Gasteiger partial charge in [-0.3, -0.25) is 9.59 Å². The van der Waals surface area contributed by atoms with Gasteiger partial charge in [0.1, 0.15) is 5.60 Å². The van der Waals surface area contributed by atoms with E-state index in [0.717, 1.165) is 0 Å². The molecule has 0 bridgehead atoms. The first kappa shape index (κ1) is 19.0. The van der Waals surface area contributed by atoms with Crippen molar-refractivity contribution >= 4 is 17.9 Å². The Balaban J connectivity index is 2.45. The minimum atomic E-state index is -0.531. The predicted octanol–water partition coefficient (Wildman–Crippen LogP) is 1.15. The van der Waals surface area contributed by atoms with E-state index in [2.05, 4.69) is 11.9 Å². The second-order valence-corrected chi connectivity index (χ2v) is 6.61. The van der Waals surface area contributed by atoms with Crippen LogP contribution in [0.3, 0.4) is 0 Å². The highest BCUT2D eigenvalue weighted by Gasteiger charge is 2.31. The third kappa shape index (κ3) is 6.30. The Labute approximate surface area is 137 Å². The molecule has 1 aliphatic heterocycles. The van der Waals surface area contributed by atoms with Crippen molar-refractivity contribution < 1.29 is 19.1 Å². The molecule has 7 heteroatoms. The highest BCUT2D eigenvalue weighted by Crippen LogP contribution is 2.15. The van der Waals surface area contributed by atoms with Crippen LogP contribution >= 0.6 is 0 Å². The van der Waals surface area contributed by atoms with E-state index in [4.69, 9.17) is 4.74 Å². The summed E-state index contributed by atoms with van der Waals surface area (Å²) in [6.45, 7) is 12.4. The van der Waals surface area contributed by atoms with Crippen LogP contribution in [0.1, 0.15) is 34.1 Å². The molecule has 1 heterocycles. The van der Waals surface area contributed by atoms with Gasteiger partial charge in [0.05, 0.1) is 0 Å². The summed E-state index contributed by atoms with van der Waals surface area (Å²) in [7, 11) is 0. The molecule has 1 saturated heterocycles. The van der Waals surface area contributed by atoms with E-state index in [1.807, 2.05) is 27.7 Å². The molecule has 0 spiro atoms. The van der Waals surface area contributed by atoms with Gasteiger partial charge >= 0.3 is 6.09 Å². The topological polar surface area (TPSA) is 79.0 Å². The molecular weight excluding hydrogens is 298 g/mol. The Hall–Kier alpha value is -2.05. The molecule has 1 fully saturated rings. The summed E-state index contributed by atoms with van der Waals surface area (Å²) in [4.78, 5) is 38.7. The van der Waals surface area contributed by atoms with Gasteiger partial charge in [0.25, 0.3) is 0 Å². The molecule has 1 aliphatic rings. The summed E-state index contributed by atoms with van der Waals surface area (Å²) >= 11 is 0.